The summed E-state index contributed by atoms with van der Waals surface area (Å²) < 4.78 is 17.6. The summed E-state index contributed by atoms with van der Waals surface area (Å²) in [4.78, 5) is 1.26. The molecule has 0 amide bonds. The van der Waals surface area contributed by atoms with Crippen molar-refractivity contribution in [3.63, 3.8) is 0 Å². The molecule has 4 nitrogen and oxygen atoms in total. The SMILES string of the molecule is Cn1c(C2CC2)nn(C[NH+](C)Cc2ccc(F)cc2)c1=S. The van der Waals surface area contributed by atoms with Gasteiger partial charge in [-0.25, -0.2) is 4.39 Å². The van der Waals surface area contributed by atoms with E-state index in [0.29, 0.717) is 5.92 Å². The van der Waals surface area contributed by atoms with Gasteiger partial charge in [-0.3, -0.25) is 0 Å². The van der Waals surface area contributed by atoms with Gasteiger partial charge in [-0.15, -0.1) is 0 Å². The highest BCUT2D eigenvalue weighted by atomic mass is 32.1. The Hall–Kier alpha value is -1.53. The Morgan fingerprint density at radius 3 is 2.62 bits per heavy atom. The summed E-state index contributed by atoms with van der Waals surface area (Å²) >= 11 is 5.46. The second-order valence-electron chi connectivity index (χ2n) is 5.89. The van der Waals surface area contributed by atoms with Gasteiger partial charge < -0.3 is 9.47 Å². The summed E-state index contributed by atoms with van der Waals surface area (Å²) in [7, 11) is 4.09. The molecule has 3 rings (SSSR count). The summed E-state index contributed by atoms with van der Waals surface area (Å²) in [5, 5.41) is 4.66. The van der Waals surface area contributed by atoms with Gasteiger partial charge in [-0.1, -0.05) is 12.1 Å². The highest BCUT2D eigenvalue weighted by Crippen LogP contribution is 2.38. The second kappa shape index (κ2) is 5.69. The largest absolute Gasteiger partial charge is 0.315 e. The van der Waals surface area contributed by atoms with Crippen LogP contribution in [0.1, 0.15) is 30.1 Å². The smallest absolute Gasteiger partial charge is 0.202 e. The van der Waals surface area contributed by atoms with Gasteiger partial charge >= 0.3 is 0 Å². The summed E-state index contributed by atoms with van der Waals surface area (Å²) in [6.45, 7) is 1.54. The number of quaternary nitrogens is 1. The Morgan fingerprint density at radius 1 is 1.33 bits per heavy atom. The number of halogens is 1. The minimum atomic E-state index is -0.197. The zero-order valence-corrected chi connectivity index (χ0v) is 13.2. The lowest BCUT2D eigenvalue weighted by Gasteiger charge is -2.13. The first-order chi connectivity index (χ1) is 10.0. The highest BCUT2D eigenvalue weighted by molar-refractivity contribution is 7.71. The molecule has 1 aromatic carbocycles. The number of benzene rings is 1. The monoisotopic (exact) mass is 307 g/mol. The molecule has 1 fully saturated rings. The van der Waals surface area contributed by atoms with Crippen molar-refractivity contribution in [1.82, 2.24) is 14.3 Å². The first-order valence-electron chi connectivity index (χ1n) is 7.24. The van der Waals surface area contributed by atoms with Gasteiger partial charge in [0.15, 0.2) is 6.67 Å². The van der Waals surface area contributed by atoms with Crippen molar-refractivity contribution in [2.24, 2.45) is 7.05 Å². The fraction of sp³-hybridized carbons (Fsp3) is 0.467. The maximum Gasteiger partial charge on any atom is 0.202 e. The van der Waals surface area contributed by atoms with E-state index in [1.807, 2.05) is 28.4 Å². The van der Waals surface area contributed by atoms with Crippen LogP contribution in [0.4, 0.5) is 4.39 Å². The van der Waals surface area contributed by atoms with Crippen LogP contribution in [0.25, 0.3) is 0 Å². The molecule has 21 heavy (non-hydrogen) atoms. The van der Waals surface area contributed by atoms with Gasteiger partial charge in [-0.2, -0.15) is 9.78 Å². The number of aromatic nitrogens is 3. The van der Waals surface area contributed by atoms with Gasteiger partial charge in [0.1, 0.15) is 18.2 Å². The molecule has 0 bridgehead atoms. The molecule has 1 aliphatic carbocycles. The van der Waals surface area contributed by atoms with E-state index >= 15 is 0 Å². The second-order valence-corrected chi connectivity index (χ2v) is 6.26. The molecule has 1 aliphatic rings. The summed E-state index contributed by atoms with van der Waals surface area (Å²) in [5.74, 6) is 1.50. The molecule has 1 unspecified atom stereocenters. The van der Waals surface area contributed by atoms with Crippen LogP contribution < -0.4 is 4.90 Å². The summed E-state index contributed by atoms with van der Waals surface area (Å²) in [6.07, 6.45) is 2.44. The molecular formula is C15H20FN4S+. The fourth-order valence-electron chi connectivity index (χ4n) is 2.57. The van der Waals surface area contributed by atoms with Crippen molar-refractivity contribution in [1.29, 1.82) is 0 Å². The Bertz CT molecular complexity index is 685. The molecule has 1 atom stereocenters. The van der Waals surface area contributed by atoms with Gasteiger partial charge in [0.25, 0.3) is 0 Å². The molecule has 1 heterocycles. The van der Waals surface area contributed by atoms with E-state index in [-0.39, 0.29) is 5.82 Å². The van der Waals surface area contributed by atoms with Gasteiger partial charge in [-0.05, 0) is 37.2 Å². The van der Waals surface area contributed by atoms with Crippen molar-refractivity contribution in [3.05, 3.63) is 46.2 Å². The lowest BCUT2D eigenvalue weighted by molar-refractivity contribution is -0.917. The molecule has 2 aromatic rings. The van der Waals surface area contributed by atoms with Crippen molar-refractivity contribution < 1.29 is 9.29 Å². The Kier molecular flexibility index (Phi) is 3.91. The fourth-order valence-corrected chi connectivity index (χ4v) is 2.77. The average Bonchev–Trinajstić information content (AvgIpc) is 3.25. The molecule has 112 valence electrons. The quantitative estimate of drug-likeness (QED) is 0.850. The zero-order valence-electron chi connectivity index (χ0n) is 12.3. The Morgan fingerprint density at radius 2 is 2.00 bits per heavy atom. The molecule has 1 aromatic heterocycles. The normalized spacial score (nSPS) is 16.1. The standard InChI is InChI=1S/C15H19FN4S/c1-18(9-11-3-7-13(16)8-4-11)10-20-15(21)19(2)14(17-20)12-5-6-12/h3-4,7-8,12H,5-6,9-10H2,1-2H3/p+1. The third-order valence-corrected chi connectivity index (χ3v) is 4.34. The van der Waals surface area contributed by atoms with Gasteiger partial charge in [0.05, 0.1) is 7.05 Å². The van der Waals surface area contributed by atoms with E-state index in [1.165, 1.54) is 29.9 Å². The Balaban J connectivity index is 1.69. The first-order valence-corrected chi connectivity index (χ1v) is 7.65. The molecule has 0 spiro atoms. The van der Waals surface area contributed by atoms with Crippen LogP contribution in [0.15, 0.2) is 24.3 Å². The maximum absolute atomic E-state index is 12.9. The highest BCUT2D eigenvalue weighted by Gasteiger charge is 2.29. The third-order valence-electron chi connectivity index (χ3n) is 3.86. The van der Waals surface area contributed by atoms with Crippen molar-refractivity contribution in [2.75, 3.05) is 7.05 Å². The zero-order chi connectivity index (χ0) is 15.0. The minimum absolute atomic E-state index is 0.197. The summed E-state index contributed by atoms with van der Waals surface area (Å²) in [6, 6.07) is 6.65. The van der Waals surface area contributed by atoms with E-state index in [4.69, 9.17) is 12.2 Å². The van der Waals surface area contributed by atoms with Crippen molar-refractivity contribution in [2.45, 2.75) is 32.0 Å². The van der Waals surface area contributed by atoms with Crippen LogP contribution >= 0.6 is 12.2 Å². The number of rotatable bonds is 5. The predicted molar refractivity (Wildman–Crippen MR) is 81.0 cm³/mol. The van der Waals surface area contributed by atoms with Crippen molar-refractivity contribution in [3.8, 4) is 0 Å². The molecule has 0 radical (unpaired) electrons. The van der Waals surface area contributed by atoms with E-state index in [2.05, 4.69) is 12.1 Å². The van der Waals surface area contributed by atoms with E-state index in [0.717, 1.165) is 29.4 Å². The van der Waals surface area contributed by atoms with E-state index in [1.54, 1.807) is 0 Å². The maximum atomic E-state index is 12.9. The minimum Gasteiger partial charge on any atom is -0.315 e. The number of hydrogen-bond acceptors (Lipinski definition) is 2. The lowest BCUT2D eigenvalue weighted by Crippen LogP contribution is -3.07. The third kappa shape index (κ3) is 3.22. The van der Waals surface area contributed by atoms with Crippen LogP contribution in [0.3, 0.4) is 0 Å². The topological polar surface area (TPSA) is 27.2 Å². The average molecular weight is 307 g/mol. The predicted octanol–water partition coefficient (Wildman–Crippen LogP) is 1.64. The van der Waals surface area contributed by atoms with E-state index < -0.39 is 0 Å². The number of hydrogen-bond donors (Lipinski definition) is 1. The van der Waals surface area contributed by atoms with Crippen LogP contribution in [0, 0.1) is 10.6 Å². The Labute approximate surface area is 128 Å². The summed E-state index contributed by atoms with van der Waals surface area (Å²) in [5.41, 5.74) is 1.11. The van der Waals surface area contributed by atoms with Gasteiger partial charge in [0, 0.05) is 18.5 Å². The van der Waals surface area contributed by atoms with E-state index in [9.17, 15) is 4.39 Å². The van der Waals surface area contributed by atoms with Crippen LogP contribution in [-0.4, -0.2) is 21.4 Å². The lowest BCUT2D eigenvalue weighted by atomic mass is 10.2. The van der Waals surface area contributed by atoms with Crippen LogP contribution in [0.5, 0.6) is 0 Å². The number of nitrogens with one attached hydrogen (secondary N) is 1. The van der Waals surface area contributed by atoms with Crippen molar-refractivity contribution >= 4 is 12.2 Å². The molecule has 6 heteroatoms. The molecule has 1 saturated carbocycles. The van der Waals surface area contributed by atoms with Crippen LogP contribution in [0.2, 0.25) is 0 Å². The molecule has 0 saturated heterocycles. The molecule has 1 N–H and O–H groups in total. The molecular weight excluding hydrogens is 287 g/mol. The van der Waals surface area contributed by atoms with Crippen LogP contribution in [-0.2, 0) is 20.3 Å². The first kappa shape index (κ1) is 14.4. The number of nitrogens with zero attached hydrogens (tertiary/aromatic N) is 3. The van der Waals surface area contributed by atoms with Gasteiger partial charge in [0.2, 0.25) is 4.77 Å². The molecule has 0 aliphatic heterocycles.